The summed E-state index contributed by atoms with van der Waals surface area (Å²) in [7, 11) is 0. The minimum atomic E-state index is -0.423. The molecule has 0 N–H and O–H groups in total. The summed E-state index contributed by atoms with van der Waals surface area (Å²) in [5, 5.41) is -0.0728. The smallest absolute Gasteiger partial charge is 0.333 e. The fourth-order valence-corrected chi connectivity index (χ4v) is 1.11. The van der Waals surface area contributed by atoms with Gasteiger partial charge in [0.2, 0.25) is 5.12 Å². The summed E-state index contributed by atoms with van der Waals surface area (Å²) < 4.78 is 4.79. The zero-order valence-corrected chi connectivity index (χ0v) is 9.28. The summed E-state index contributed by atoms with van der Waals surface area (Å²) in [4.78, 5) is 21.9. The van der Waals surface area contributed by atoms with E-state index in [0.29, 0.717) is 16.9 Å². The predicted octanol–water partition coefficient (Wildman–Crippen LogP) is 1.94. The zero-order chi connectivity index (χ0) is 11.1. The standard InChI is InChI=1S/C10H14O3S/c1-7(2)9(11)13-5-6-14-10(12)8(3)4/h1,3,5-6H2,2,4H3. The summed E-state index contributed by atoms with van der Waals surface area (Å²) in [5.74, 6) is 0.0263. The van der Waals surface area contributed by atoms with Gasteiger partial charge in [-0.3, -0.25) is 4.79 Å². The predicted molar refractivity (Wildman–Crippen MR) is 58.1 cm³/mol. The van der Waals surface area contributed by atoms with Gasteiger partial charge in [-0.25, -0.2) is 4.79 Å². The van der Waals surface area contributed by atoms with Gasteiger partial charge in [-0.15, -0.1) is 0 Å². The molecule has 14 heavy (non-hydrogen) atoms. The maximum absolute atomic E-state index is 11.0. The van der Waals surface area contributed by atoms with E-state index in [0.717, 1.165) is 11.8 Å². The van der Waals surface area contributed by atoms with E-state index in [1.54, 1.807) is 13.8 Å². The first-order valence-electron chi connectivity index (χ1n) is 4.10. The Labute approximate surface area is 88.2 Å². The lowest BCUT2D eigenvalue weighted by molar-refractivity contribution is -0.138. The van der Waals surface area contributed by atoms with Crippen molar-refractivity contribution in [2.75, 3.05) is 12.4 Å². The lowest BCUT2D eigenvalue weighted by Gasteiger charge is -2.03. The molecule has 0 unspecified atom stereocenters. The second-order valence-electron chi connectivity index (χ2n) is 2.83. The Bertz CT molecular complexity index is 241. The number of carbonyl (C=O) groups excluding carboxylic acids is 2. The zero-order valence-electron chi connectivity index (χ0n) is 8.46. The molecule has 0 radical (unpaired) electrons. The molecule has 0 aromatic rings. The summed E-state index contributed by atoms with van der Waals surface area (Å²) in [6, 6.07) is 0. The van der Waals surface area contributed by atoms with E-state index >= 15 is 0 Å². The van der Waals surface area contributed by atoms with Crippen LogP contribution in [-0.2, 0) is 14.3 Å². The fourth-order valence-electron chi connectivity index (χ4n) is 0.515. The Morgan fingerprint density at radius 1 is 1.21 bits per heavy atom. The Morgan fingerprint density at radius 3 is 2.21 bits per heavy atom. The van der Waals surface area contributed by atoms with Crippen molar-refractivity contribution in [1.82, 2.24) is 0 Å². The first-order chi connectivity index (χ1) is 6.45. The third-order valence-electron chi connectivity index (χ3n) is 1.25. The third-order valence-corrected chi connectivity index (χ3v) is 2.23. The van der Waals surface area contributed by atoms with E-state index in [2.05, 4.69) is 13.2 Å². The maximum atomic E-state index is 11.0. The van der Waals surface area contributed by atoms with Gasteiger partial charge in [0.25, 0.3) is 0 Å². The van der Waals surface area contributed by atoms with Crippen molar-refractivity contribution >= 4 is 22.8 Å². The molecule has 4 heteroatoms. The molecular weight excluding hydrogens is 200 g/mol. The molecule has 0 bridgehead atoms. The molecule has 0 aliphatic rings. The molecule has 0 fully saturated rings. The summed E-state index contributed by atoms with van der Waals surface area (Å²) >= 11 is 1.09. The number of hydrogen-bond acceptors (Lipinski definition) is 4. The van der Waals surface area contributed by atoms with Crippen LogP contribution in [-0.4, -0.2) is 23.4 Å². The van der Waals surface area contributed by atoms with Crippen LogP contribution in [0.25, 0.3) is 0 Å². The van der Waals surface area contributed by atoms with Crippen LogP contribution < -0.4 is 0 Å². The van der Waals surface area contributed by atoms with Crippen molar-refractivity contribution in [1.29, 1.82) is 0 Å². The van der Waals surface area contributed by atoms with Crippen LogP contribution in [0.4, 0.5) is 0 Å². The van der Waals surface area contributed by atoms with Gasteiger partial charge in [0.1, 0.15) is 6.61 Å². The number of ether oxygens (including phenoxy) is 1. The number of thioether (sulfide) groups is 1. The Morgan fingerprint density at radius 2 is 1.79 bits per heavy atom. The first-order valence-corrected chi connectivity index (χ1v) is 5.09. The van der Waals surface area contributed by atoms with Crippen molar-refractivity contribution in [3.8, 4) is 0 Å². The second-order valence-corrected chi connectivity index (χ2v) is 3.90. The highest BCUT2D eigenvalue weighted by Crippen LogP contribution is 2.08. The highest BCUT2D eigenvalue weighted by Gasteiger charge is 2.05. The van der Waals surface area contributed by atoms with Gasteiger partial charge >= 0.3 is 5.97 Å². The summed E-state index contributed by atoms with van der Waals surface area (Å²) in [6.45, 7) is 10.4. The Hall–Kier alpha value is -1.03. The summed E-state index contributed by atoms with van der Waals surface area (Å²) in [5.41, 5.74) is 0.863. The molecule has 0 saturated heterocycles. The molecule has 0 aromatic heterocycles. The second kappa shape index (κ2) is 6.43. The number of esters is 1. The highest BCUT2D eigenvalue weighted by molar-refractivity contribution is 8.14. The molecule has 0 atom stereocenters. The van der Waals surface area contributed by atoms with Crippen LogP contribution in [0.2, 0.25) is 0 Å². The van der Waals surface area contributed by atoms with Crippen molar-refractivity contribution in [2.24, 2.45) is 0 Å². The molecule has 3 nitrogen and oxygen atoms in total. The first kappa shape index (κ1) is 13.0. The molecule has 0 aliphatic heterocycles. The summed E-state index contributed by atoms with van der Waals surface area (Å²) in [6.07, 6.45) is 0. The van der Waals surface area contributed by atoms with Crippen molar-refractivity contribution in [3.05, 3.63) is 24.3 Å². The van der Waals surface area contributed by atoms with Crippen LogP contribution in [0.3, 0.4) is 0 Å². The maximum Gasteiger partial charge on any atom is 0.333 e. The average Bonchev–Trinajstić information content (AvgIpc) is 2.11. The third kappa shape index (κ3) is 5.59. The van der Waals surface area contributed by atoms with Crippen LogP contribution in [0, 0.1) is 0 Å². The normalized spacial score (nSPS) is 9.29. The number of carbonyl (C=O) groups is 2. The molecule has 78 valence electrons. The lowest BCUT2D eigenvalue weighted by Crippen LogP contribution is -2.08. The van der Waals surface area contributed by atoms with Gasteiger partial charge in [0.05, 0.1) is 0 Å². The van der Waals surface area contributed by atoms with Gasteiger partial charge < -0.3 is 4.74 Å². The van der Waals surface area contributed by atoms with E-state index in [4.69, 9.17) is 4.74 Å². The van der Waals surface area contributed by atoms with Gasteiger partial charge in [-0.2, -0.15) is 0 Å². The molecule has 0 aromatic carbocycles. The Kier molecular flexibility index (Phi) is 5.95. The van der Waals surface area contributed by atoms with Gasteiger partial charge in [0.15, 0.2) is 0 Å². The fraction of sp³-hybridized carbons (Fsp3) is 0.400. The topological polar surface area (TPSA) is 43.4 Å². The molecule has 0 heterocycles. The van der Waals surface area contributed by atoms with E-state index in [1.165, 1.54) is 0 Å². The number of hydrogen-bond donors (Lipinski definition) is 0. The van der Waals surface area contributed by atoms with Gasteiger partial charge in [-0.05, 0) is 19.4 Å². The van der Waals surface area contributed by atoms with Crippen LogP contribution >= 0.6 is 11.8 Å². The minimum Gasteiger partial charge on any atom is -0.461 e. The average molecular weight is 214 g/mol. The quantitative estimate of drug-likeness (QED) is 0.398. The van der Waals surface area contributed by atoms with E-state index in [1.807, 2.05) is 0 Å². The number of rotatable bonds is 5. The van der Waals surface area contributed by atoms with Gasteiger partial charge in [-0.1, -0.05) is 24.9 Å². The molecule has 0 rings (SSSR count). The van der Waals surface area contributed by atoms with Crippen LogP contribution in [0.1, 0.15) is 13.8 Å². The molecule has 0 aliphatic carbocycles. The Balaban J connectivity index is 3.57. The largest absolute Gasteiger partial charge is 0.461 e. The van der Waals surface area contributed by atoms with Crippen molar-refractivity contribution in [2.45, 2.75) is 13.8 Å². The SMILES string of the molecule is C=C(C)C(=O)OCCSC(=O)C(=C)C. The minimum absolute atomic E-state index is 0.0728. The molecule has 0 spiro atoms. The van der Waals surface area contributed by atoms with E-state index < -0.39 is 5.97 Å². The van der Waals surface area contributed by atoms with Crippen LogP contribution in [0.5, 0.6) is 0 Å². The van der Waals surface area contributed by atoms with Crippen LogP contribution in [0.15, 0.2) is 24.3 Å². The molecular formula is C10H14O3S. The molecule has 0 saturated carbocycles. The van der Waals surface area contributed by atoms with E-state index in [9.17, 15) is 9.59 Å². The van der Waals surface area contributed by atoms with Crippen molar-refractivity contribution < 1.29 is 14.3 Å². The highest BCUT2D eigenvalue weighted by atomic mass is 32.2. The monoisotopic (exact) mass is 214 g/mol. The van der Waals surface area contributed by atoms with Gasteiger partial charge in [0, 0.05) is 11.3 Å². The molecule has 0 amide bonds. The lowest BCUT2D eigenvalue weighted by atomic mass is 10.4. The van der Waals surface area contributed by atoms with Crippen molar-refractivity contribution in [3.63, 3.8) is 0 Å². The van der Waals surface area contributed by atoms with E-state index in [-0.39, 0.29) is 11.7 Å².